The molecule has 0 saturated carbocycles. The molecule has 172 valence electrons. The summed E-state index contributed by atoms with van der Waals surface area (Å²) in [6, 6.07) is 3.63. The Labute approximate surface area is 196 Å². The fourth-order valence-electron chi connectivity index (χ4n) is 3.96. The van der Waals surface area contributed by atoms with Crippen LogP contribution < -0.4 is 5.32 Å². The van der Waals surface area contributed by atoms with E-state index in [2.05, 4.69) is 15.2 Å². The SMILES string of the molecule is CCOC(=O)C1=C(C)N=C2SC=C(CC(=O)NCCN3CCOCC3)N2C1c1cccs1. The third-order valence-electron chi connectivity index (χ3n) is 5.50. The second-order valence-corrected chi connectivity index (χ2v) is 9.43. The number of carbonyl (C=O) groups excluding carboxylic acids is 2. The number of hydrogen-bond acceptors (Lipinski definition) is 9. The maximum atomic E-state index is 12.8. The van der Waals surface area contributed by atoms with E-state index in [9.17, 15) is 9.59 Å². The van der Waals surface area contributed by atoms with Crippen molar-refractivity contribution in [3.63, 3.8) is 0 Å². The predicted octanol–water partition coefficient (Wildman–Crippen LogP) is 2.72. The number of thioether (sulfide) groups is 1. The molecule has 1 amide bonds. The number of rotatable bonds is 8. The molecule has 1 aromatic rings. The van der Waals surface area contributed by atoms with E-state index in [1.165, 1.54) is 11.8 Å². The van der Waals surface area contributed by atoms with Crippen molar-refractivity contribution in [3.05, 3.63) is 44.8 Å². The van der Waals surface area contributed by atoms with Gasteiger partial charge >= 0.3 is 5.97 Å². The molecule has 1 fully saturated rings. The standard InChI is InChI=1S/C22H28N4O4S2/c1-3-30-21(28)19-15(2)24-22-26(20(19)17-5-4-12-31-17)16(14-32-22)13-18(27)23-6-7-25-8-10-29-11-9-25/h4-5,12,14,20H,3,6-11,13H2,1-2H3,(H,23,27). The summed E-state index contributed by atoms with van der Waals surface area (Å²) in [6.07, 6.45) is 0.228. The van der Waals surface area contributed by atoms with Crippen molar-refractivity contribution in [1.82, 2.24) is 15.1 Å². The second-order valence-electron chi connectivity index (χ2n) is 7.61. The van der Waals surface area contributed by atoms with Crippen LogP contribution in [0.1, 0.15) is 31.2 Å². The average Bonchev–Trinajstić information content (AvgIpc) is 3.44. The molecule has 32 heavy (non-hydrogen) atoms. The van der Waals surface area contributed by atoms with Crippen molar-refractivity contribution < 1.29 is 19.1 Å². The van der Waals surface area contributed by atoms with Crippen LogP contribution in [0.4, 0.5) is 0 Å². The molecule has 8 nitrogen and oxygen atoms in total. The van der Waals surface area contributed by atoms with Gasteiger partial charge in [0.25, 0.3) is 0 Å². The first kappa shape index (κ1) is 23.0. The summed E-state index contributed by atoms with van der Waals surface area (Å²) >= 11 is 3.06. The number of amides is 1. The van der Waals surface area contributed by atoms with Gasteiger partial charge < -0.3 is 19.7 Å². The summed E-state index contributed by atoms with van der Waals surface area (Å²) in [5.74, 6) is -0.405. The van der Waals surface area contributed by atoms with Crippen LogP contribution in [-0.4, -0.2) is 72.8 Å². The molecule has 0 bridgehead atoms. The number of esters is 1. The zero-order valence-electron chi connectivity index (χ0n) is 18.3. The number of fused-ring (bicyclic) bond motifs is 1. The number of carbonyl (C=O) groups is 2. The molecule has 10 heteroatoms. The maximum absolute atomic E-state index is 12.8. The third kappa shape index (κ3) is 5.09. The lowest BCUT2D eigenvalue weighted by atomic mass is 9.99. The van der Waals surface area contributed by atoms with Crippen LogP contribution in [0.3, 0.4) is 0 Å². The van der Waals surface area contributed by atoms with E-state index in [0.717, 1.165) is 48.6 Å². The molecule has 1 atom stereocenters. The van der Waals surface area contributed by atoms with Gasteiger partial charge in [-0.3, -0.25) is 9.69 Å². The molecule has 3 aliphatic rings. The molecule has 0 spiro atoms. The van der Waals surface area contributed by atoms with Crippen LogP contribution in [0.5, 0.6) is 0 Å². The molecule has 3 aliphatic heterocycles. The molecule has 4 rings (SSSR count). The summed E-state index contributed by atoms with van der Waals surface area (Å²) < 4.78 is 10.7. The average molecular weight is 477 g/mol. The van der Waals surface area contributed by atoms with Gasteiger partial charge in [0.05, 0.1) is 37.5 Å². The van der Waals surface area contributed by atoms with Gasteiger partial charge in [-0.15, -0.1) is 11.3 Å². The van der Waals surface area contributed by atoms with Crippen LogP contribution in [-0.2, 0) is 19.1 Å². The fraction of sp³-hybridized carbons (Fsp3) is 0.500. The first-order valence-electron chi connectivity index (χ1n) is 10.8. The van der Waals surface area contributed by atoms with Crippen molar-refractivity contribution in [2.75, 3.05) is 46.0 Å². The monoisotopic (exact) mass is 476 g/mol. The number of allylic oxidation sites excluding steroid dienone is 1. The Morgan fingerprint density at radius 3 is 2.88 bits per heavy atom. The topological polar surface area (TPSA) is 83.5 Å². The van der Waals surface area contributed by atoms with Crippen molar-refractivity contribution in [3.8, 4) is 0 Å². The van der Waals surface area contributed by atoms with Crippen molar-refractivity contribution >= 4 is 40.1 Å². The molecule has 1 unspecified atom stereocenters. The van der Waals surface area contributed by atoms with Crippen LogP contribution in [0.15, 0.2) is 44.9 Å². The lowest BCUT2D eigenvalue weighted by Crippen LogP contribution is -2.42. The quantitative estimate of drug-likeness (QED) is 0.578. The number of amidine groups is 1. The lowest BCUT2D eigenvalue weighted by Gasteiger charge is -2.35. The van der Waals surface area contributed by atoms with Crippen LogP contribution in [0.25, 0.3) is 0 Å². The highest BCUT2D eigenvalue weighted by Crippen LogP contribution is 2.45. The maximum Gasteiger partial charge on any atom is 0.338 e. The number of ether oxygens (including phenoxy) is 2. The van der Waals surface area contributed by atoms with E-state index in [-0.39, 0.29) is 24.3 Å². The van der Waals surface area contributed by atoms with Gasteiger partial charge in [0.2, 0.25) is 5.91 Å². The number of thiophene rings is 1. The summed E-state index contributed by atoms with van der Waals surface area (Å²) in [4.78, 5) is 35.5. The molecule has 1 saturated heterocycles. The zero-order chi connectivity index (χ0) is 22.5. The van der Waals surface area contributed by atoms with Crippen molar-refractivity contribution in [2.45, 2.75) is 26.3 Å². The highest BCUT2D eigenvalue weighted by molar-refractivity contribution is 8.16. The van der Waals surface area contributed by atoms with Crippen LogP contribution in [0.2, 0.25) is 0 Å². The first-order valence-corrected chi connectivity index (χ1v) is 12.6. The Hall–Kier alpha value is -2.14. The highest BCUT2D eigenvalue weighted by Gasteiger charge is 2.41. The van der Waals surface area contributed by atoms with Crippen molar-refractivity contribution in [2.24, 2.45) is 4.99 Å². The molecule has 1 aromatic heterocycles. The molecule has 0 radical (unpaired) electrons. The largest absolute Gasteiger partial charge is 0.463 e. The number of morpholine rings is 1. The van der Waals surface area contributed by atoms with Gasteiger partial charge in [0.1, 0.15) is 6.04 Å². The minimum Gasteiger partial charge on any atom is -0.463 e. The van der Waals surface area contributed by atoms with Gasteiger partial charge in [0, 0.05) is 36.8 Å². The Balaban J connectivity index is 1.46. The van der Waals surface area contributed by atoms with Gasteiger partial charge in [0.15, 0.2) is 5.17 Å². The molecule has 0 aromatic carbocycles. The molecular weight excluding hydrogens is 448 g/mol. The lowest BCUT2D eigenvalue weighted by molar-refractivity contribution is -0.139. The summed E-state index contributed by atoms with van der Waals surface area (Å²) in [7, 11) is 0. The Bertz CT molecular complexity index is 936. The van der Waals surface area contributed by atoms with E-state index in [1.807, 2.05) is 34.7 Å². The van der Waals surface area contributed by atoms with Crippen LogP contribution >= 0.6 is 23.1 Å². The first-order chi connectivity index (χ1) is 15.6. The summed E-state index contributed by atoms with van der Waals surface area (Å²) in [6.45, 7) is 8.63. The van der Waals surface area contributed by atoms with Gasteiger partial charge in [-0.05, 0) is 30.7 Å². The number of hydrogen-bond donors (Lipinski definition) is 1. The highest BCUT2D eigenvalue weighted by atomic mass is 32.2. The summed E-state index contributed by atoms with van der Waals surface area (Å²) in [5.41, 5.74) is 2.02. The van der Waals surface area contributed by atoms with E-state index in [1.54, 1.807) is 18.3 Å². The molecule has 1 N–H and O–H groups in total. The van der Waals surface area contributed by atoms with E-state index in [4.69, 9.17) is 9.47 Å². The number of aliphatic imine (C=N–C) groups is 1. The number of nitrogens with one attached hydrogen (secondary N) is 1. The van der Waals surface area contributed by atoms with Gasteiger partial charge in [-0.2, -0.15) is 0 Å². The Morgan fingerprint density at radius 1 is 1.34 bits per heavy atom. The van der Waals surface area contributed by atoms with Crippen LogP contribution in [0, 0.1) is 0 Å². The van der Waals surface area contributed by atoms with E-state index < -0.39 is 0 Å². The van der Waals surface area contributed by atoms with Crippen molar-refractivity contribution in [1.29, 1.82) is 0 Å². The minimum atomic E-state index is -0.364. The number of nitrogens with zero attached hydrogens (tertiary/aromatic N) is 3. The summed E-state index contributed by atoms with van der Waals surface area (Å²) in [5, 5.41) is 7.76. The predicted molar refractivity (Wildman–Crippen MR) is 126 cm³/mol. The zero-order valence-corrected chi connectivity index (χ0v) is 20.0. The molecule has 4 heterocycles. The van der Waals surface area contributed by atoms with Gasteiger partial charge in [-0.25, -0.2) is 9.79 Å². The smallest absolute Gasteiger partial charge is 0.338 e. The van der Waals surface area contributed by atoms with E-state index >= 15 is 0 Å². The molecule has 0 aliphatic carbocycles. The fourth-order valence-corrected chi connectivity index (χ4v) is 5.75. The second kappa shape index (κ2) is 10.7. The van der Waals surface area contributed by atoms with E-state index in [0.29, 0.717) is 24.4 Å². The van der Waals surface area contributed by atoms with Gasteiger partial charge in [-0.1, -0.05) is 17.8 Å². The normalized spacial score (nSPS) is 21.2. The Morgan fingerprint density at radius 2 is 2.16 bits per heavy atom. The third-order valence-corrected chi connectivity index (χ3v) is 7.32. The minimum absolute atomic E-state index is 0.0414. The Kier molecular flexibility index (Phi) is 7.67. The molecular formula is C22H28N4O4S2.